The Bertz CT molecular complexity index is 615. The summed E-state index contributed by atoms with van der Waals surface area (Å²) in [6.45, 7) is 6.01. The molecule has 1 aromatic heterocycles. The third kappa shape index (κ3) is 3.69. The van der Waals surface area contributed by atoms with E-state index in [1.165, 1.54) is 34.2 Å². The molecule has 1 aromatic carbocycles. The van der Waals surface area contributed by atoms with Crippen molar-refractivity contribution in [3.63, 3.8) is 0 Å². The molecule has 1 heterocycles. The first-order valence-corrected chi connectivity index (χ1v) is 7.52. The van der Waals surface area contributed by atoms with Crippen molar-refractivity contribution in [2.75, 3.05) is 5.32 Å². The second kappa shape index (κ2) is 6.04. The summed E-state index contributed by atoms with van der Waals surface area (Å²) in [7, 11) is 0. The summed E-state index contributed by atoms with van der Waals surface area (Å²) in [6, 6.07) is 8.35. The van der Waals surface area contributed by atoms with E-state index in [9.17, 15) is 0 Å². The van der Waals surface area contributed by atoms with E-state index in [1.807, 2.05) is 13.0 Å². The highest BCUT2D eigenvalue weighted by Crippen LogP contribution is 2.30. The monoisotopic (exact) mass is 290 g/mol. The maximum absolute atomic E-state index is 8.76. The molecule has 0 radical (unpaired) electrons. The van der Waals surface area contributed by atoms with Crippen LogP contribution >= 0.6 is 23.1 Å². The van der Waals surface area contributed by atoms with Crippen LogP contribution in [0.25, 0.3) is 0 Å². The van der Waals surface area contributed by atoms with E-state index >= 15 is 0 Å². The highest BCUT2D eigenvalue weighted by atomic mass is 32.2. The predicted molar refractivity (Wildman–Crippen MR) is 80.0 cm³/mol. The van der Waals surface area contributed by atoms with E-state index in [0.29, 0.717) is 0 Å². The van der Waals surface area contributed by atoms with E-state index in [2.05, 4.69) is 47.6 Å². The van der Waals surface area contributed by atoms with Gasteiger partial charge in [0.2, 0.25) is 5.13 Å². The molecule has 0 fully saturated rings. The molecule has 0 aliphatic heterocycles. The lowest BCUT2D eigenvalue weighted by Gasteiger charge is -2.05. The highest BCUT2D eigenvalue weighted by molar-refractivity contribution is 8.01. The van der Waals surface area contributed by atoms with Gasteiger partial charge in [0.05, 0.1) is 11.3 Å². The highest BCUT2D eigenvalue weighted by Gasteiger charge is 2.09. The zero-order valence-corrected chi connectivity index (χ0v) is 12.6. The van der Waals surface area contributed by atoms with E-state index in [-0.39, 0.29) is 5.25 Å². The molecule has 1 N–H and O–H groups in total. The smallest absolute Gasteiger partial charge is 0.210 e. The van der Waals surface area contributed by atoms with Gasteiger partial charge in [0, 0.05) is 5.69 Å². The molecule has 6 heteroatoms. The number of thioether (sulfide) groups is 1. The van der Waals surface area contributed by atoms with Crippen molar-refractivity contribution in [1.82, 2.24) is 10.2 Å². The first kappa shape index (κ1) is 13.8. The molecule has 1 atom stereocenters. The third-order valence-electron chi connectivity index (χ3n) is 2.62. The average Bonchev–Trinajstić information content (AvgIpc) is 2.81. The van der Waals surface area contributed by atoms with Crippen LogP contribution < -0.4 is 5.32 Å². The molecule has 0 aliphatic rings. The summed E-state index contributed by atoms with van der Waals surface area (Å²) in [5.41, 5.74) is 3.51. The van der Waals surface area contributed by atoms with Crippen LogP contribution in [0.4, 0.5) is 10.8 Å². The van der Waals surface area contributed by atoms with Crippen molar-refractivity contribution in [1.29, 1.82) is 5.26 Å². The normalized spacial score (nSPS) is 11.9. The number of aryl methyl sites for hydroxylation is 2. The molecule has 0 aliphatic carbocycles. The number of hydrogen-bond donors (Lipinski definition) is 1. The number of nitrogens with zero attached hydrogens (tertiary/aromatic N) is 3. The fourth-order valence-corrected chi connectivity index (χ4v) is 3.23. The molecule has 0 saturated heterocycles. The first-order chi connectivity index (χ1) is 9.08. The standard InChI is InChI=1S/C13H14N4S2/c1-8-4-5-11(6-9(8)2)15-12-16-17-13(19-12)18-10(3)7-14/h4-6,10H,1-3H3,(H,15,16)/t10-/m1/s1. The predicted octanol–water partition coefficient (Wildman–Crippen LogP) is 3.90. The van der Waals surface area contributed by atoms with Crippen LogP contribution in [0, 0.1) is 25.2 Å². The van der Waals surface area contributed by atoms with Crippen molar-refractivity contribution < 1.29 is 0 Å². The number of benzene rings is 1. The van der Waals surface area contributed by atoms with Crippen LogP contribution in [-0.4, -0.2) is 15.4 Å². The molecule has 0 bridgehead atoms. The van der Waals surface area contributed by atoms with Crippen molar-refractivity contribution in [2.45, 2.75) is 30.4 Å². The second-order valence-corrected chi connectivity index (χ2v) is 6.75. The summed E-state index contributed by atoms with van der Waals surface area (Å²) in [5, 5.41) is 20.8. The maximum Gasteiger partial charge on any atom is 0.210 e. The number of rotatable bonds is 4. The van der Waals surface area contributed by atoms with Crippen LogP contribution in [0.3, 0.4) is 0 Å². The van der Waals surface area contributed by atoms with Gasteiger partial charge in [0.1, 0.15) is 0 Å². The van der Waals surface area contributed by atoms with Gasteiger partial charge >= 0.3 is 0 Å². The molecule has 0 spiro atoms. The van der Waals surface area contributed by atoms with Gasteiger partial charge in [-0.25, -0.2) is 0 Å². The van der Waals surface area contributed by atoms with Crippen LogP contribution in [0.15, 0.2) is 22.5 Å². The number of hydrogen-bond acceptors (Lipinski definition) is 6. The Morgan fingerprint density at radius 3 is 2.79 bits per heavy atom. The minimum atomic E-state index is -0.109. The summed E-state index contributed by atoms with van der Waals surface area (Å²) >= 11 is 2.88. The molecule has 98 valence electrons. The second-order valence-electron chi connectivity index (χ2n) is 4.19. The molecule has 2 aromatic rings. The Hall–Kier alpha value is -1.58. The lowest BCUT2D eigenvalue weighted by molar-refractivity contribution is 1.01. The molecular formula is C13H14N4S2. The van der Waals surface area contributed by atoms with Gasteiger partial charge in [-0.3, -0.25) is 0 Å². The lowest BCUT2D eigenvalue weighted by atomic mass is 10.1. The fourth-order valence-electron chi connectivity index (χ4n) is 1.43. The van der Waals surface area contributed by atoms with Gasteiger partial charge in [-0.05, 0) is 44.0 Å². The van der Waals surface area contributed by atoms with Crippen molar-refractivity contribution in [3.8, 4) is 6.07 Å². The van der Waals surface area contributed by atoms with Gasteiger partial charge in [-0.2, -0.15) is 5.26 Å². The minimum Gasteiger partial charge on any atom is -0.330 e. The van der Waals surface area contributed by atoms with Crippen LogP contribution in [-0.2, 0) is 0 Å². The summed E-state index contributed by atoms with van der Waals surface area (Å²) in [6.07, 6.45) is 0. The Kier molecular flexibility index (Phi) is 4.40. The maximum atomic E-state index is 8.76. The molecule has 0 saturated carbocycles. The molecule has 0 amide bonds. The zero-order chi connectivity index (χ0) is 13.8. The molecule has 4 nitrogen and oxygen atoms in total. The summed E-state index contributed by atoms with van der Waals surface area (Å²) in [5.74, 6) is 0. The van der Waals surface area contributed by atoms with E-state index < -0.39 is 0 Å². The Morgan fingerprint density at radius 1 is 1.32 bits per heavy atom. The summed E-state index contributed by atoms with van der Waals surface area (Å²) in [4.78, 5) is 0. The number of nitriles is 1. The Balaban J connectivity index is 2.07. The molecular weight excluding hydrogens is 276 g/mol. The number of anilines is 2. The van der Waals surface area contributed by atoms with Crippen molar-refractivity contribution in [3.05, 3.63) is 29.3 Å². The number of nitrogens with one attached hydrogen (secondary N) is 1. The van der Waals surface area contributed by atoms with E-state index in [1.54, 1.807) is 0 Å². The zero-order valence-electron chi connectivity index (χ0n) is 11.0. The molecule has 0 unspecified atom stereocenters. The Morgan fingerprint density at radius 2 is 2.11 bits per heavy atom. The summed E-state index contributed by atoms with van der Waals surface area (Å²) < 4.78 is 0.806. The average molecular weight is 290 g/mol. The number of aromatic nitrogens is 2. The van der Waals surface area contributed by atoms with Crippen molar-refractivity contribution in [2.24, 2.45) is 0 Å². The first-order valence-electron chi connectivity index (χ1n) is 5.82. The Labute approximate surface area is 120 Å². The lowest BCUT2D eigenvalue weighted by Crippen LogP contribution is -1.91. The van der Waals surface area contributed by atoms with Crippen LogP contribution in [0.2, 0.25) is 0 Å². The van der Waals surface area contributed by atoms with E-state index in [0.717, 1.165) is 15.2 Å². The topological polar surface area (TPSA) is 61.6 Å². The van der Waals surface area contributed by atoms with Crippen LogP contribution in [0.1, 0.15) is 18.1 Å². The van der Waals surface area contributed by atoms with E-state index in [4.69, 9.17) is 5.26 Å². The SMILES string of the molecule is Cc1ccc(Nc2nnc(S[C@H](C)C#N)s2)cc1C. The van der Waals surface area contributed by atoms with Gasteiger partial charge in [0.15, 0.2) is 4.34 Å². The van der Waals surface area contributed by atoms with Gasteiger partial charge in [-0.15, -0.1) is 10.2 Å². The molecule has 2 rings (SSSR count). The van der Waals surface area contributed by atoms with Crippen molar-refractivity contribution >= 4 is 33.9 Å². The van der Waals surface area contributed by atoms with Gasteiger partial charge in [-0.1, -0.05) is 29.2 Å². The quantitative estimate of drug-likeness (QED) is 0.865. The van der Waals surface area contributed by atoms with Crippen LogP contribution in [0.5, 0.6) is 0 Å². The minimum absolute atomic E-state index is 0.109. The fraction of sp³-hybridized carbons (Fsp3) is 0.308. The van der Waals surface area contributed by atoms with Gasteiger partial charge in [0.25, 0.3) is 0 Å². The third-order valence-corrected chi connectivity index (χ3v) is 4.54. The van der Waals surface area contributed by atoms with Gasteiger partial charge < -0.3 is 5.32 Å². The largest absolute Gasteiger partial charge is 0.330 e. The molecule has 19 heavy (non-hydrogen) atoms.